The third kappa shape index (κ3) is 2.60. The molecule has 4 heteroatoms. The first-order chi connectivity index (χ1) is 8.16. The largest absolute Gasteiger partial charge is 0.477 e. The van der Waals surface area contributed by atoms with Crippen molar-refractivity contribution in [2.75, 3.05) is 0 Å². The van der Waals surface area contributed by atoms with E-state index < -0.39 is 5.97 Å². The predicted molar refractivity (Wildman–Crippen MR) is 65.4 cm³/mol. The molecule has 1 heterocycles. The molecule has 0 fully saturated rings. The lowest BCUT2D eigenvalue weighted by molar-refractivity contribution is -0.132. The molecular formula is C13H12N2O2. The summed E-state index contributed by atoms with van der Waals surface area (Å²) in [6, 6.07) is 11.6. The second kappa shape index (κ2) is 4.65. The van der Waals surface area contributed by atoms with Gasteiger partial charge >= 0.3 is 5.97 Å². The van der Waals surface area contributed by atoms with E-state index in [4.69, 9.17) is 10.8 Å². The van der Waals surface area contributed by atoms with Gasteiger partial charge in [0.15, 0.2) is 0 Å². The average Bonchev–Trinajstić information content (AvgIpc) is 2.35. The first-order valence-corrected chi connectivity index (χ1v) is 5.20. The molecule has 0 saturated carbocycles. The molecule has 3 N–H and O–H groups in total. The van der Waals surface area contributed by atoms with Crippen LogP contribution in [0.3, 0.4) is 0 Å². The van der Waals surface area contributed by atoms with Gasteiger partial charge in [-0.2, -0.15) is 0 Å². The van der Waals surface area contributed by atoms with E-state index in [9.17, 15) is 4.79 Å². The SMILES string of the molecule is N/C(=C/Cc1ccc2ccccc2n1)C(=O)O. The van der Waals surface area contributed by atoms with Crippen LogP contribution >= 0.6 is 0 Å². The van der Waals surface area contributed by atoms with Gasteiger partial charge in [-0.3, -0.25) is 4.98 Å². The molecule has 1 aromatic carbocycles. The fourth-order valence-corrected chi connectivity index (χ4v) is 1.52. The van der Waals surface area contributed by atoms with Crippen LogP contribution in [0.25, 0.3) is 10.9 Å². The zero-order valence-electron chi connectivity index (χ0n) is 9.13. The maximum atomic E-state index is 10.5. The number of aliphatic carboxylic acids is 1. The fourth-order valence-electron chi connectivity index (χ4n) is 1.52. The summed E-state index contributed by atoms with van der Waals surface area (Å²) in [5.74, 6) is -1.11. The molecule has 0 aliphatic carbocycles. The minimum atomic E-state index is -1.11. The van der Waals surface area contributed by atoms with Gasteiger partial charge in [0.1, 0.15) is 5.70 Å². The number of aromatic nitrogens is 1. The Kier molecular flexibility index (Phi) is 3.05. The number of benzene rings is 1. The second-order valence-corrected chi connectivity index (χ2v) is 3.66. The van der Waals surface area contributed by atoms with E-state index in [-0.39, 0.29) is 5.70 Å². The highest BCUT2D eigenvalue weighted by atomic mass is 16.4. The van der Waals surface area contributed by atoms with Gasteiger partial charge in [0.2, 0.25) is 0 Å². The number of hydrogen-bond acceptors (Lipinski definition) is 3. The molecule has 0 unspecified atom stereocenters. The van der Waals surface area contributed by atoms with Gasteiger partial charge in [-0.05, 0) is 18.2 Å². The Labute approximate surface area is 98.4 Å². The first-order valence-electron chi connectivity index (χ1n) is 5.20. The Hall–Kier alpha value is -2.36. The van der Waals surface area contributed by atoms with Crippen LogP contribution in [0.5, 0.6) is 0 Å². The maximum absolute atomic E-state index is 10.5. The van der Waals surface area contributed by atoms with Crippen molar-refractivity contribution in [2.24, 2.45) is 5.73 Å². The van der Waals surface area contributed by atoms with Crippen LogP contribution in [-0.2, 0) is 11.2 Å². The van der Waals surface area contributed by atoms with Gasteiger partial charge in [0.05, 0.1) is 5.52 Å². The molecule has 0 aliphatic rings. The van der Waals surface area contributed by atoms with Gasteiger partial charge in [-0.25, -0.2) is 4.79 Å². The number of fused-ring (bicyclic) bond motifs is 1. The highest BCUT2D eigenvalue weighted by Gasteiger charge is 2.01. The molecule has 0 atom stereocenters. The Morgan fingerprint density at radius 1 is 1.29 bits per heavy atom. The van der Waals surface area contributed by atoms with Crippen LogP contribution in [0.4, 0.5) is 0 Å². The van der Waals surface area contributed by atoms with Crippen LogP contribution in [0, 0.1) is 0 Å². The minimum Gasteiger partial charge on any atom is -0.477 e. The zero-order valence-corrected chi connectivity index (χ0v) is 9.13. The van der Waals surface area contributed by atoms with Gasteiger partial charge < -0.3 is 10.8 Å². The van der Waals surface area contributed by atoms with Crippen molar-refractivity contribution in [1.82, 2.24) is 4.98 Å². The standard InChI is InChI=1S/C13H12N2O2/c14-11(13(16)17)8-7-10-6-5-9-3-1-2-4-12(9)15-10/h1-6,8H,7,14H2,(H,16,17)/b11-8+. The van der Waals surface area contributed by atoms with Gasteiger partial charge in [0.25, 0.3) is 0 Å². The summed E-state index contributed by atoms with van der Waals surface area (Å²) in [6.07, 6.45) is 1.88. The number of rotatable bonds is 3. The number of carboxylic acids is 1. The molecule has 1 aromatic heterocycles. The Bertz CT molecular complexity index is 591. The number of nitrogens with two attached hydrogens (primary N) is 1. The van der Waals surface area contributed by atoms with E-state index in [0.717, 1.165) is 16.6 Å². The van der Waals surface area contributed by atoms with E-state index in [1.54, 1.807) is 0 Å². The highest BCUT2D eigenvalue weighted by Crippen LogP contribution is 2.12. The van der Waals surface area contributed by atoms with Crippen molar-refractivity contribution in [3.05, 3.63) is 53.9 Å². The van der Waals surface area contributed by atoms with Crippen molar-refractivity contribution >= 4 is 16.9 Å². The quantitative estimate of drug-likeness (QED) is 0.784. The van der Waals surface area contributed by atoms with E-state index >= 15 is 0 Å². The number of hydrogen-bond donors (Lipinski definition) is 2. The predicted octanol–water partition coefficient (Wildman–Crippen LogP) is 1.70. The normalized spacial score (nSPS) is 11.6. The van der Waals surface area contributed by atoms with Crippen LogP contribution < -0.4 is 5.73 Å². The lowest BCUT2D eigenvalue weighted by Crippen LogP contribution is -2.10. The topological polar surface area (TPSA) is 76.2 Å². The third-order valence-corrected chi connectivity index (χ3v) is 2.43. The lowest BCUT2D eigenvalue weighted by atomic mass is 10.1. The Balaban J connectivity index is 2.25. The molecule has 0 radical (unpaired) electrons. The molecule has 0 amide bonds. The summed E-state index contributed by atoms with van der Waals surface area (Å²) in [4.78, 5) is 14.9. The number of allylic oxidation sites excluding steroid dienone is 1. The van der Waals surface area contributed by atoms with E-state index in [2.05, 4.69) is 4.98 Å². The minimum absolute atomic E-state index is 0.153. The van der Waals surface area contributed by atoms with E-state index in [0.29, 0.717) is 6.42 Å². The zero-order chi connectivity index (χ0) is 12.3. The molecule has 86 valence electrons. The van der Waals surface area contributed by atoms with Gasteiger partial charge in [-0.15, -0.1) is 0 Å². The Morgan fingerprint density at radius 3 is 2.82 bits per heavy atom. The highest BCUT2D eigenvalue weighted by molar-refractivity contribution is 5.85. The van der Waals surface area contributed by atoms with Crippen molar-refractivity contribution in [1.29, 1.82) is 0 Å². The average molecular weight is 228 g/mol. The van der Waals surface area contributed by atoms with Crippen LogP contribution in [0.1, 0.15) is 5.69 Å². The maximum Gasteiger partial charge on any atom is 0.351 e. The fraction of sp³-hybridized carbons (Fsp3) is 0.0769. The van der Waals surface area contributed by atoms with Crippen molar-refractivity contribution < 1.29 is 9.90 Å². The monoisotopic (exact) mass is 228 g/mol. The number of nitrogens with zero attached hydrogens (tertiary/aromatic N) is 1. The summed E-state index contributed by atoms with van der Waals surface area (Å²) in [5, 5.41) is 9.68. The van der Waals surface area contributed by atoms with Crippen LogP contribution in [0.15, 0.2) is 48.2 Å². The first kappa shape index (κ1) is 11.1. The molecule has 2 rings (SSSR count). The summed E-state index contributed by atoms with van der Waals surface area (Å²) < 4.78 is 0. The summed E-state index contributed by atoms with van der Waals surface area (Å²) in [6.45, 7) is 0. The van der Waals surface area contributed by atoms with E-state index in [1.165, 1.54) is 6.08 Å². The number of para-hydroxylation sites is 1. The number of pyridine rings is 1. The molecule has 0 bridgehead atoms. The number of carboxylic acid groups (broad SMARTS) is 1. The lowest BCUT2D eigenvalue weighted by Gasteiger charge is -2.00. The van der Waals surface area contributed by atoms with E-state index in [1.807, 2.05) is 36.4 Å². The molecular weight excluding hydrogens is 216 g/mol. The van der Waals surface area contributed by atoms with Crippen LogP contribution in [0.2, 0.25) is 0 Å². The summed E-state index contributed by atoms with van der Waals surface area (Å²) in [7, 11) is 0. The number of carbonyl (C=O) groups is 1. The third-order valence-electron chi connectivity index (χ3n) is 2.43. The molecule has 0 spiro atoms. The summed E-state index contributed by atoms with van der Waals surface area (Å²) in [5.41, 5.74) is 6.85. The molecule has 2 aromatic rings. The smallest absolute Gasteiger partial charge is 0.351 e. The molecule has 0 saturated heterocycles. The molecule has 4 nitrogen and oxygen atoms in total. The molecule has 0 aliphatic heterocycles. The van der Waals surface area contributed by atoms with Gasteiger partial charge in [-0.1, -0.05) is 24.3 Å². The Morgan fingerprint density at radius 2 is 2.06 bits per heavy atom. The molecule has 17 heavy (non-hydrogen) atoms. The van der Waals surface area contributed by atoms with Crippen molar-refractivity contribution in [2.45, 2.75) is 6.42 Å². The summed E-state index contributed by atoms with van der Waals surface area (Å²) >= 11 is 0. The van der Waals surface area contributed by atoms with Gasteiger partial charge in [0, 0.05) is 17.5 Å². The second-order valence-electron chi connectivity index (χ2n) is 3.66. The van der Waals surface area contributed by atoms with Crippen LogP contribution in [-0.4, -0.2) is 16.1 Å². The van der Waals surface area contributed by atoms with Crippen molar-refractivity contribution in [3.63, 3.8) is 0 Å². The van der Waals surface area contributed by atoms with Crippen molar-refractivity contribution in [3.8, 4) is 0 Å².